The highest BCUT2D eigenvalue weighted by molar-refractivity contribution is 6.05. The van der Waals surface area contributed by atoms with Crippen molar-refractivity contribution in [2.75, 3.05) is 13.1 Å². The summed E-state index contributed by atoms with van der Waals surface area (Å²) >= 11 is 0. The number of piperidine rings is 3. The fraction of sp³-hybridized carbons (Fsp3) is 0.440. The third-order valence-corrected chi connectivity index (χ3v) is 7.72. The standard InChI is InChI=1S/C25H25FN4O4/c26-21-14(9-29-10-16-8-17(11-29)23(16)32)5-6-27-22(21)13-1-2-18-15(7-13)12-30(25(18)34)19-3-4-20(31)28-24(19)33/h1-2,5-7,16-17,19,23,32H,3-4,8-12H2,(H,28,31,33). The molecule has 2 bridgehead atoms. The number of amides is 3. The second kappa shape index (κ2) is 7.95. The fourth-order valence-corrected chi connectivity index (χ4v) is 5.86. The van der Waals surface area contributed by atoms with Gasteiger partial charge in [0.2, 0.25) is 11.8 Å². The molecule has 1 saturated carbocycles. The van der Waals surface area contributed by atoms with Gasteiger partial charge in [-0.1, -0.05) is 6.07 Å². The number of imide groups is 1. The van der Waals surface area contributed by atoms with Crippen LogP contribution in [0.15, 0.2) is 30.5 Å². The zero-order chi connectivity index (χ0) is 23.6. The Kier molecular flexibility index (Phi) is 5.00. The lowest BCUT2D eigenvalue weighted by molar-refractivity contribution is -0.136. The second-order valence-corrected chi connectivity index (χ2v) is 9.85. The van der Waals surface area contributed by atoms with Crippen LogP contribution in [0.4, 0.5) is 4.39 Å². The first-order valence-electron chi connectivity index (χ1n) is 11.7. The number of hydrogen-bond donors (Lipinski definition) is 2. The molecular formula is C25H25FN4O4. The highest BCUT2D eigenvalue weighted by Gasteiger charge is 2.45. The van der Waals surface area contributed by atoms with E-state index >= 15 is 4.39 Å². The number of aromatic nitrogens is 1. The number of aliphatic hydroxyl groups is 1. The van der Waals surface area contributed by atoms with Gasteiger partial charge in [0.1, 0.15) is 11.7 Å². The van der Waals surface area contributed by atoms with Crippen LogP contribution < -0.4 is 5.32 Å². The predicted octanol–water partition coefficient (Wildman–Crippen LogP) is 1.46. The summed E-state index contributed by atoms with van der Waals surface area (Å²) in [6.45, 7) is 2.24. The first-order chi connectivity index (χ1) is 16.4. The molecular weight excluding hydrogens is 439 g/mol. The molecule has 8 nitrogen and oxygen atoms in total. The number of nitrogens with one attached hydrogen (secondary N) is 1. The summed E-state index contributed by atoms with van der Waals surface area (Å²) in [4.78, 5) is 44.6. The van der Waals surface area contributed by atoms with Crippen molar-refractivity contribution in [2.24, 2.45) is 11.8 Å². The molecule has 3 amide bonds. The molecule has 1 aliphatic carbocycles. The molecule has 2 aromatic rings. The van der Waals surface area contributed by atoms with Crippen molar-refractivity contribution in [3.63, 3.8) is 0 Å². The maximum absolute atomic E-state index is 15.5. The fourth-order valence-electron chi connectivity index (χ4n) is 5.86. The second-order valence-electron chi connectivity index (χ2n) is 9.85. The van der Waals surface area contributed by atoms with E-state index in [2.05, 4.69) is 15.2 Å². The highest BCUT2D eigenvalue weighted by atomic mass is 19.1. The molecule has 3 saturated heterocycles. The van der Waals surface area contributed by atoms with Gasteiger partial charge in [-0.05, 0) is 48.4 Å². The van der Waals surface area contributed by atoms with E-state index in [-0.39, 0.29) is 54.2 Å². The molecule has 3 unspecified atom stereocenters. The third kappa shape index (κ3) is 3.42. The number of carbonyl (C=O) groups excluding carboxylic acids is 3. The van der Waals surface area contributed by atoms with Gasteiger partial charge in [-0.2, -0.15) is 0 Å². The molecule has 5 aliphatic rings. The summed E-state index contributed by atoms with van der Waals surface area (Å²) in [6, 6.07) is 6.12. The monoisotopic (exact) mass is 464 g/mol. The Morgan fingerprint density at radius 2 is 1.94 bits per heavy atom. The van der Waals surface area contributed by atoms with Crippen LogP contribution in [0, 0.1) is 17.7 Å². The van der Waals surface area contributed by atoms with E-state index in [1.165, 1.54) is 4.90 Å². The quantitative estimate of drug-likeness (QED) is 0.665. The molecule has 34 heavy (non-hydrogen) atoms. The van der Waals surface area contributed by atoms with Gasteiger partial charge < -0.3 is 10.0 Å². The van der Waals surface area contributed by atoms with E-state index < -0.39 is 11.9 Å². The zero-order valence-electron chi connectivity index (χ0n) is 18.5. The minimum Gasteiger partial charge on any atom is -0.392 e. The molecule has 7 rings (SSSR count). The van der Waals surface area contributed by atoms with Gasteiger partial charge in [0.05, 0.1) is 6.10 Å². The lowest BCUT2D eigenvalue weighted by Crippen LogP contribution is -2.57. The lowest BCUT2D eigenvalue weighted by atomic mass is 9.68. The summed E-state index contributed by atoms with van der Waals surface area (Å²) < 4.78 is 15.5. The number of carbonyl (C=O) groups is 3. The van der Waals surface area contributed by atoms with Crippen LogP contribution in [0.5, 0.6) is 0 Å². The molecule has 3 atom stereocenters. The number of aliphatic hydroxyl groups excluding tert-OH is 1. The van der Waals surface area contributed by atoms with Crippen molar-refractivity contribution in [1.29, 1.82) is 0 Å². The predicted molar refractivity (Wildman–Crippen MR) is 119 cm³/mol. The topological polar surface area (TPSA) is 103 Å². The minimum atomic E-state index is -0.687. The molecule has 9 heteroatoms. The van der Waals surface area contributed by atoms with Crippen LogP contribution in [0.25, 0.3) is 11.3 Å². The average molecular weight is 464 g/mol. The average Bonchev–Trinajstić information content (AvgIpc) is 3.15. The number of benzene rings is 1. The third-order valence-electron chi connectivity index (χ3n) is 7.72. The van der Waals surface area contributed by atoms with Gasteiger partial charge in [0.25, 0.3) is 5.91 Å². The van der Waals surface area contributed by atoms with E-state index in [0.717, 1.165) is 19.5 Å². The summed E-state index contributed by atoms with van der Waals surface area (Å²) in [5.74, 6) is -0.861. The Morgan fingerprint density at radius 1 is 1.15 bits per heavy atom. The molecule has 1 aromatic carbocycles. The number of halogens is 1. The van der Waals surface area contributed by atoms with Crippen LogP contribution in [-0.2, 0) is 22.7 Å². The van der Waals surface area contributed by atoms with E-state index in [4.69, 9.17) is 0 Å². The SMILES string of the molecule is O=C1CCC(N2Cc3cc(-c4nccc(CN5CC6CC(C5)C6O)c4F)ccc3C2=O)C(=O)N1. The molecule has 0 radical (unpaired) electrons. The molecule has 5 heterocycles. The lowest BCUT2D eigenvalue weighted by Gasteiger charge is -2.51. The van der Waals surface area contributed by atoms with E-state index in [9.17, 15) is 19.5 Å². The molecule has 4 aliphatic heterocycles. The van der Waals surface area contributed by atoms with Gasteiger partial charge in [-0.25, -0.2) is 4.39 Å². The van der Waals surface area contributed by atoms with Crippen molar-refractivity contribution in [3.05, 3.63) is 53.0 Å². The maximum Gasteiger partial charge on any atom is 0.255 e. The van der Waals surface area contributed by atoms with Crippen LogP contribution in [0.1, 0.15) is 40.7 Å². The molecule has 1 aromatic heterocycles. The van der Waals surface area contributed by atoms with Crippen LogP contribution >= 0.6 is 0 Å². The van der Waals surface area contributed by atoms with E-state index in [1.807, 2.05) is 0 Å². The molecule has 0 spiro atoms. The van der Waals surface area contributed by atoms with Crippen molar-refractivity contribution in [3.8, 4) is 11.3 Å². The Balaban J connectivity index is 1.23. The maximum atomic E-state index is 15.5. The summed E-state index contributed by atoms with van der Waals surface area (Å²) in [5.41, 5.74) is 2.56. The first-order valence-corrected chi connectivity index (χ1v) is 11.7. The number of rotatable bonds is 4. The number of nitrogens with zero attached hydrogens (tertiary/aromatic N) is 3. The molecule has 176 valence electrons. The van der Waals surface area contributed by atoms with Crippen molar-refractivity contribution in [1.82, 2.24) is 20.1 Å². The largest absolute Gasteiger partial charge is 0.392 e. The normalized spacial score (nSPS) is 28.5. The number of pyridine rings is 1. The van der Waals surface area contributed by atoms with Crippen LogP contribution in [-0.4, -0.2) is 62.8 Å². The zero-order valence-corrected chi connectivity index (χ0v) is 18.5. The Bertz CT molecular complexity index is 1210. The van der Waals surface area contributed by atoms with Crippen molar-refractivity contribution < 1.29 is 23.9 Å². The smallest absolute Gasteiger partial charge is 0.255 e. The molecule has 4 fully saturated rings. The molecule has 2 N–H and O–H groups in total. The summed E-state index contributed by atoms with van der Waals surface area (Å²) in [5, 5.41) is 12.3. The van der Waals surface area contributed by atoms with Gasteiger partial charge >= 0.3 is 0 Å². The van der Waals surface area contributed by atoms with E-state index in [1.54, 1.807) is 30.5 Å². The van der Waals surface area contributed by atoms with Crippen molar-refractivity contribution >= 4 is 17.7 Å². The summed E-state index contributed by atoms with van der Waals surface area (Å²) in [6.07, 6.45) is 2.92. The Hall–Kier alpha value is -3.17. The van der Waals surface area contributed by atoms with Gasteiger partial charge in [0.15, 0.2) is 5.82 Å². The van der Waals surface area contributed by atoms with Crippen molar-refractivity contribution in [2.45, 2.75) is 44.5 Å². The Morgan fingerprint density at radius 3 is 2.68 bits per heavy atom. The summed E-state index contributed by atoms with van der Waals surface area (Å²) in [7, 11) is 0. The highest BCUT2D eigenvalue weighted by Crippen LogP contribution is 2.40. The Labute approximate surface area is 195 Å². The number of hydrogen-bond acceptors (Lipinski definition) is 6. The first kappa shape index (κ1) is 21.4. The van der Waals surface area contributed by atoms with E-state index in [0.29, 0.717) is 35.2 Å². The van der Waals surface area contributed by atoms with Crippen LogP contribution in [0.2, 0.25) is 0 Å². The minimum absolute atomic E-state index is 0.196. The van der Waals surface area contributed by atoms with Gasteiger partial charge in [0, 0.05) is 55.5 Å². The van der Waals surface area contributed by atoms with Gasteiger partial charge in [-0.3, -0.25) is 29.6 Å². The van der Waals surface area contributed by atoms with Gasteiger partial charge in [-0.15, -0.1) is 0 Å². The number of fused-ring (bicyclic) bond motifs is 3. The van der Waals surface area contributed by atoms with Crippen LogP contribution in [0.3, 0.4) is 0 Å².